The normalized spacial score (nSPS) is 17.2. The first kappa shape index (κ1) is 15.4. The van der Waals surface area contributed by atoms with E-state index in [0.717, 1.165) is 5.56 Å². The lowest BCUT2D eigenvalue weighted by molar-refractivity contribution is 0.103. The van der Waals surface area contributed by atoms with Crippen molar-refractivity contribution >= 4 is 17.3 Å². The molecule has 5 rings (SSSR count). The van der Waals surface area contributed by atoms with Gasteiger partial charge in [0.25, 0.3) is 5.56 Å². The Hall–Kier alpha value is -3.87. The van der Waals surface area contributed by atoms with Crippen LogP contribution in [0.25, 0.3) is 5.70 Å². The molecule has 2 heterocycles. The molecule has 7 heteroatoms. The Kier molecular flexibility index (Phi) is 3.03. The standard InChI is InChI=1S/C20H13N3O4/c24-10-5-3-4-9(8-10)13-14-16(11-6-1-2-7-12(11)17(14)25)21-18-15(13)19(26)23-20(27)22-18/h1-8,13,24H,(H3,21,22,23,26,27)/t13-/m1/s1. The topological polar surface area (TPSA) is 115 Å². The molecule has 0 spiro atoms. The fourth-order valence-corrected chi connectivity index (χ4v) is 3.89. The second-order valence-corrected chi connectivity index (χ2v) is 6.51. The average Bonchev–Trinajstić information content (AvgIpc) is 2.92. The summed E-state index contributed by atoms with van der Waals surface area (Å²) in [6.45, 7) is 0. The van der Waals surface area contributed by atoms with Gasteiger partial charge in [-0.15, -0.1) is 0 Å². The SMILES string of the molecule is O=C1C2=C(Nc3[nH]c(=O)[nH]c(=O)c3[C@@H]2c2cccc(O)c2)c2ccccc21. The Morgan fingerprint density at radius 1 is 0.889 bits per heavy atom. The lowest BCUT2D eigenvalue weighted by Gasteiger charge is -2.27. The number of hydrogen-bond donors (Lipinski definition) is 4. The van der Waals surface area contributed by atoms with Crippen molar-refractivity contribution in [3.05, 3.63) is 97.2 Å². The summed E-state index contributed by atoms with van der Waals surface area (Å²) < 4.78 is 0. The molecule has 7 nitrogen and oxygen atoms in total. The molecular formula is C20H13N3O4. The minimum atomic E-state index is -0.719. The zero-order valence-electron chi connectivity index (χ0n) is 13.9. The van der Waals surface area contributed by atoms with Crippen LogP contribution in [0.2, 0.25) is 0 Å². The number of phenolic OH excluding ortho intramolecular Hbond substituents is 1. The van der Waals surface area contributed by atoms with E-state index >= 15 is 0 Å². The summed E-state index contributed by atoms with van der Waals surface area (Å²) in [4.78, 5) is 42.4. The quantitative estimate of drug-likeness (QED) is 0.530. The minimum Gasteiger partial charge on any atom is -0.508 e. The van der Waals surface area contributed by atoms with Crippen LogP contribution in [0, 0.1) is 0 Å². The zero-order valence-corrected chi connectivity index (χ0v) is 13.9. The third kappa shape index (κ3) is 2.11. The summed E-state index contributed by atoms with van der Waals surface area (Å²) >= 11 is 0. The van der Waals surface area contributed by atoms with E-state index in [0.29, 0.717) is 22.4 Å². The maximum Gasteiger partial charge on any atom is 0.327 e. The molecule has 1 aliphatic heterocycles. The number of H-pyrrole nitrogens is 2. The fourth-order valence-electron chi connectivity index (χ4n) is 3.89. The smallest absolute Gasteiger partial charge is 0.327 e. The zero-order chi connectivity index (χ0) is 18.7. The molecule has 0 bridgehead atoms. The van der Waals surface area contributed by atoms with Gasteiger partial charge in [-0.2, -0.15) is 0 Å². The van der Waals surface area contributed by atoms with Gasteiger partial charge >= 0.3 is 5.69 Å². The molecule has 2 aromatic carbocycles. The number of carbonyl (C=O) groups excluding carboxylic acids is 1. The highest BCUT2D eigenvalue weighted by Crippen LogP contribution is 2.47. The van der Waals surface area contributed by atoms with Crippen molar-refractivity contribution in [2.24, 2.45) is 0 Å². The van der Waals surface area contributed by atoms with Gasteiger partial charge < -0.3 is 10.4 Å². The van der Waals surface area contributed by atoms with Crippen LogP contribution in [-0.2, 0) is 0 Å². The van der Waals surface area contributed by atoms with Crippen molar-refractivity contribution in [2.75, 3.05) is 5.32 Å². The molecule has 0 saturated carbocycles. The van der Waals surface area contributed by atoms with E-state index < -0.39 is 17.2 Å². The van der Waals surface area contributed by atoms with Gasteiger partial charge in [-0.1, -0.05) is 36.4 Å². The van der Waals surface area contributed by atoms with Crippen molar-refractivity contribution in [1.29, 1.82) is 0 Å². The van der Waals surface area contributed by atoms with Gasteiger partial charge in [-0.25, -0.2) is 4.79 Å². The number of nitrogens with one attached hydrogen (secondary N) is 3. The first-order valence-corrected chi connectivity index (χ1v) is 8.35. The number of carbonyl (C=O) groups is 1. The molecule has 0 amide bonds. The maximum atomic E-state index is 13.1. The Morgan fingerprint density at radius 2 is 1.67 bits per heavy atom. The highest BCUT2D eigenvalue weighted by atomic mass is 16.3. The van der Waals surface area contributed by atoms with Gasteiger partial charge in [0.1, 0.15) is 11.6 Å². The predicted octanol–water partition coefficient (Wildman–Crippen LogP) is 1.93. The van der Waals surface area contributed by atoms with Crippen LogP contribution < -0.4 is 16.6 Å². The molecule has 132 valence electrons. The van der Waals surface area contributed by atoms with Gasteiger partial charge in [0, 0.05) is 22.6 Å². The number of Topliss-reactive ketones (excluding diaryl/α,β-unsaturated/α-hetero) is 1. The predicted molar refractivity (Wildman–Crippen MR) is 98.9 cm³/mol. The van der Waals surface area contributed by atoms with Gasteiger partial charge in [0.15, 0.2) is 5.78 Å². The van der Waals surface area contributed by atoms with Crippen molar-refractivity contribution in [3.8, 4) is 5.75 Å². The van der Waals surface area contributed by atoms with Crippen molar-refractivity contribution in [1.82, 2.24) is 9.97 Å². The van der Waals surface area contributed by atoms with E-state index in [4.69, 9.17) is 0 Å². The summed E-state index contributed by atoms with van der Waals surface area (Å²) in [5, 5.41) is 13.0. The Morgan fingerprint density at radius 3 is 2.44 bits per heavy atom. The molecule has 0 saturated heterocycles. The number of anilines is 1. The number of allylic oxidation sites excluding steroid dienone is 1. The van der Waals surface area contributed by atoms with Crippen LogP contribution in [-0.4, -0.2) is 20.9 Å². The van der Waals surface area contributed by atoms with Crippen molar-refractivity contribution < 1.29 is 9.90 Å². The summed E-state index contributed by atoms with van der Waals surface area (Å²) in [6.07, 6.45) is 0. The minimum absolute atomic E-state index is 0.0264. The number of phenols is 1. The van der Waals surface area contributed by atoms with Crippen LogP contribution in [0.15, 0.2) is 63.7 Å². The molecule has 1 atom stereocenters. The molecule has 0 unspecified atom stereocenters. The molecule has 0 radical (unpaired) electrons. The molecular weight excluding hydrogens is 346 g/mol. The van der Waals surface area contributed by atoms with Gasteiger partial charge in [-0.3, -0.25) is 19.6 Å². The second kappa shape index (κ2) is 5.31. The van der Waals surface area contributed by atoms with E-state index in [1.54, 1.807) is 24.3 Å². The van der Waals surface area contributed by atoms with E-state index in [9.17, 15) is 19.5 Å². The molecule has 27 heavy (non-hydrogen) atoms. The number of aromatic nitrogens is 2. The third-order valence-corrected chi connectivity index (χ3v) is 4.97. The molecule has 3 aromatic rings. The first-order chi connectivity index (χ1) is 13.0. The highest BCUT2D eigenvalue weighted by molar-refractivity contribution is 6.23. The number of hydrogen-bond acceptors (Lipinski definition) is 5. The summed E-state index contributed by atoms with van der Waals surface area (Å²) in [7, 11) is 0. The van der Waals surface area contributed by atoms with Crippen LogP contribution >= 0.6 is 0 Å². The van der Waals surface area contributed by atoms with Crippen LogP contribution in [0.4, 0.5) is 5.82 Å². The number of aromatic hydroxyl groups is 1. The first-order valence-electron chi connectivity index (χ1n) is 8.35. The lowest BCUT2D eigenvalue weighted by Crippen LogP contribution is -2.33. The van der Waals surface area contributed by atoms with E-state index in [1.807, 2.05) is 12.1 Å². The van der Waals surface area contributed by atoms with Crippen LogP contribution in [0.1, 0.15) is 33.0 Å². The van der Waals surface area contributed by atoms with Crippen LogP contribution in [0.3, 0.4) is 0 Å². The average molecular weight is 359 g/mol. The number of rotatable bonds is 1. The molecule has 1 aliphatic carbocycles. The summed E-state index contributed by atoms with van der Waals surface area (Å²) in [5.74, 6) is -0.625. The van der Waals surface area contributed by atoms with Crippen molar-refractivity contribution in [3.63, 3.8) is 0 Å². The Balaban J connectivity index is 1.86. The Labute approximate surface area is 152 Å². The lowest BCUT2D eigenvalue weighted by atomic mass is 9.81. The van der Waals surface area contributed by atoms with Gasteiger partial charge in [-0.05, 0) is 17.7 Å². The fraction of sp³-hybridized carbons (Fsp3) is 0.0500. The number of aromatic amines is 2. The second-order valence-electron chi connectivity index (χ2n) is 6.51. The van der Waals surface area contributed by atoms with Gasteiger partial charge in [0.2, 0.25) is 0 Å². The number of fused-ring (bicyclic) bond motifs is 3. The molecule has 1 aromatic heterocycles. The van der Waals surface area contributed by atoms with Crippen LogP contribution in [0.5, 0.6) is 5.75 Å². The van der Waals surface area contributed by atoms with Crippen molar-refractivity contribution in [2.45, 2.75) is 5.92 Å². The van der Waals surface area contributed by atoms with E-state index in [1.165, 1.54) is 12.1 Å². The van der Waals surface area contributed by atoms with Gasteiger partial charge in [0.05, 0.1) is 11.3 Å². The Bertz CT molecular complexity index is 1280. The molecule has 0 fully saturated rings. The third-order valence-electron chi connectivity index (χ3n) is 4.97. The van der Waals surface area contributed by atoms with E-state index in [2.05, 4.69) is 15.3 Å². The summed E-state index contributed by atoms with van der Waals surface area (Å²) in [5.41, 5.74) is 1.85. The summed E-state index contributed by atoms with van der Waals surface area (Å²) in [6, 6.07) is 13.6. The number of ketones is 1. The molecule has 4 N–H and O–H groups in total. The maximum absolute atomic E-state index is 13.1. The monoisotopic (exact) mass is 359 g/mol. The highest BCUT2D eigenvalue weighted by Gasteiger charge is 2.41. The molecule has 2 aliphatic rings. The van der Waals surface area contributed by atoms with E-state index in [-0.39, 0.29) is 22.9 Å². The number of benzene rings is 2. The largest absolute Gasteiger partial charge is 0.508 e.